The van der Waals surface area contributed by atoms with E-state index in [2.05, 4.69) is 139 Å². The van der Waals surface area contributed by atoms with Crippen molar-refractivity contribution in [3.05, 3.63) is 129 Å². The number of fused-ring (bicyclic) bond motifs is 2. The third-order valence-electron chi connectivity index (χ3n) is 13.9. The first kappa shape index (κ1) is 39.1. The van der Waals surface area contributed by atoms with E-state index in [9.17, 15) is 0 Å². The molecule has 2 atom stereocenters. The van der Waals surface area contributed by atoms with Crippen molar-refractivity contribution in [2.45, 2.75) is 119 Å². The van der Waals surface area contributed by atoms with E-state index in [4.69, 9.17) is 0 Å². The van der Waals surface area contributed by atoms with Crippen molar-refractivity contribution in [2.24, 2.45) is 11.8 Å². The van der Waals surface area contributed by atoms with Gasteiger partial charge in [-0.3, -0.25) is 0 Å². The SMILES string of the molecule is CC(C)(C)c1ccc(-c2cccc3c2C=C(C2CCCC2)[CH]3[Hf]2([CH]3C(C4CCCC4)=Cc4c(-c5ccc(C(C)(C)C)cc5)cccc43)[CH2][CH2]2)cc1.Cl.Cl. The smallest absolute Gasteiger partial charge is 0.147 e. The van der Waals surface area contributed by atoms with Crippen LogP contribution in [0.2, 0.25) is 8.35 Å². The summed E-state index contributed by atoms with van der Waals surface area (Å²) in [6.45, 7) is 14.0. The maximum atomic E-state index is 2.78. The minimum absolute atomic E-state index is 0. The molecule has 3 fully saturated rings. The first-order valence-corrected chi connectivity index (χ1v) is 29.7. The molecule has 2 saturated carbocycles. The fourth-order valence-corrected chi connectivity index (χ4v) is 39.2. The van der Waals surface area contributed by atoms with Gasteiger partial charge in [0.25, 0.3) is 0 Å². The van der Waals surface area contributed by atoms with Crippen molar-refractivity contribution in [3.8, 4) is 22.3 Å². The zero-order valence-corrected chi connectivity index (χ0v) is 38.2. The summed E-state index contributed by atoms with van der Waals surface area (Å²) in [5, 5.41) is 0. The van der Waals surface area contributed by atoms with Crippen molar-refractivity contribution in [1.82, 2.24) is 0 Å². The molecule has 0 nitrogen and oxygen atoms in total. The fraction of sp³-hybridized carbons (Fsp3) is 0.440. The van der Waals surface area contributed by atoms with Crippen LogP contribution in [0.3, 0.4) is 0 Å². The third kappa shape index (κ3) is 6.86. The molecule has 278 valence electrons. The van der Waals surface area contributed by atoms with Crippen molar-refractivity contribution in [2.75, 3.05) is 0 Å². The Balaban J connectivity index is 0.00000218. The standard InChI is InChI=1S/2C24H27.C2H4.2ClH.Hf/c2*1-24(2,3)21-13-11-18(12-14-21)22-10-6-9-19-15-20(16-23(19)22)17-7-4-5-8-17;1-2;;;/h2*6,9-17H,4-5,7-8H2,1-3H3;1-2H2;2*1H;. The Bertz CT molecular complexity index is 1870. The van der Waals surface area contributed by atoms with Gasteiger partial charge in [-0.2, -0.15) is 0 Å². The Hall–Kier alpha value is -2.19. The second kappa shape index (κ2) is 14.7. The van der Waals surface area contributed by atoms with Gasteiger partial charge in [-0.15, -0.1) is 24.8 Å². The minimum Gasteiger partial charge on any atom is -0.147 e. The van der Waals surface area contributed by atoms with E-state index in [0.29, 0.717) is 0 Å². The van der Waals surface area contributed by atoms with Gasteiger partial charge in [0.05, 0.1) is 0 Å². The summed E-state index contributed by atoms with van der Waals surface area (Å²) in [6, 6.07) is 34.1. The number of halogens is 2. The summed E-state index contributed by atoms with van der Waals surface area (Å²) in [6.07, 6.45) is 16.8. The molecule has 5 aliphatic rings. The molecule has 0 amide bonds. The monoisotopic (exact) mass is 910 g/mol. The number of hydrogen-bond donors (Lipinski definition) is 0. The van der Waals surface area contributed by atoms with Crippen LogP contribution in [0.15, 0.2) is 96.1 Å². The van der Waals surface area contributed by atoms with Gasteiger partial charge in [-0.25, -0.2) is 0 Å². The van der Waals surface area contributed by atoms with Crippen LogP contribution in [-0.2, 0) is 30.8 Å². The van der Waals surface area contributed by atoms with Crippen LogP contribution in [0.5, 0.6) is 0 Å². The Morgan fingerprint density at radius 3 is 1.15 bits per heavy atom. The van der Waals surface area contributed by atoms with E-state index in [1.165, 1.54) is 84.7 Å². The van der Waals surface area contributed by atoms with Gasteiger partial charge < -0.3 is 0 Å². The molecule has 1 heterocycles. The van der Waals surface area contributed by atoms with Crippen LogP contribution in [-0.4, -0.2) is 0 Å². The van der Waals surface area contributed by atoms with E-state index < -0.39 is 20.0 Å². The van der Waals surface area contributed by atoms with Gasteiger partial charge in [-0.1, -0.05) is 0 Å². The Labute approximate surface area is 337 Å². The third-order valence-corrected chi connectivity index (χ3v) is 32.8. The van der Waals surface area contributed by atoms with Gasteiger partial charge in [-0.05, 0) is 0 Å². The maximum Gasteiger partial charge on any atom is -0.147 e. The molecule has 0 aromatic heterocycles. The maximum absolute atomic E-state index is 3.04. The zero-order valence-electron chi connectivity index (χ0n) is 32.9. The average molecular weight is 910 g/mol. The van der Waals surface area contributed by atoms with Crippen LogP contribution < -0.4 is 0 Å². The molecular weight excluding hydrogens is 850 g/mol. The molecule has 4 aliphatic carbocycles. The van der Waals surface area contributed by atoms with E-state index in [1.54, 1.807) is 30.6 Å². The van der Waals surface area contributed by atoms with Gasteiger partial charge in [0.1, 0.15) is 0 Å². The van der Waals surface area contributed by atoms with Crippen LogP contribution in [0.1, 0.15) is 134 Å². The van der Waals surface area contributed by atoms with Gasteiger partial charge in [0, 0.05) is 0 Å². The summed E-state index contributed by atoms with van der Waals surface area (Å²) in [5.41, 5.74) is 19.3. The second-order valence-corrected chi connectivity index (χ2v) is 35.7. The summed E-state index contributed by atoms with van der Waals surface area (Å²) in [7, 11) is 0. The first-order chi connectivity index (χ1) is 24.5. The molecule has 0 bridgehead atoms. The van der Waals surface area contributed by atoms with E-state index in [-0.39, 0.29) is 35.6 Å². The molecule has 1 saturated heterocycles. The van der Waals surface area contributed by atoms with Gasteiger partial charge in [0.15, 0.2) is 0 Å². The molecule has 53 heavy (non-hydrogen) atoms. The molecule has 3 heteroatoms. The summed E-state index contributed by atoms with van der Waals surface area (Å²) in [5.74, 6) is 1.56. The van der Waals surface area contributed by atoms with Crippen LogP contribution >= 0.6 is 24.8 Å². The molecule has 0 N–H and O–H groups in total. The predicted octanol–water partition coefficient (Wildman–Crippen LogP) is 15.4. The summed E-state index contributed by atoms with van der Waals surface area (Å²) >= 11 is -3.04. The zero-order chi connectivity index (χ0) is 35.1. The Kier molecular flexibility index (Phi) is 10.8. The van der Waals surface area contributed by atoms with Crippen molar-refractivity contribution in [3.63, 3.8) is 0 Å². The number of allylic oxidation sites excluding steroid dienone is 2. The van der Waals surface area contributed by atoms with Gasteiger partial charge >= 0.3 is 315 Å². The van der Waals surface area contributed by atoms with Crippen molar-refractivity contribution < 1.29 is 20.0 Å². The molecule has 0 spiro atoms. The average Bonchev–Trinajstić information content (AvgIpc) is 3.65. The van der Waals surface area contributed by atoms with Crippen LogP contribution in [0.25, 0.3) is 34.4 Å². The van der Waals surface area contributed by atoms with Crippen LogP contribution in [0.4, 0.5) is 0 Å². The van der Waals surface area contributed by atoms with E-state index in [1.807, 2.05) is 11.1 Å². The Morgan fingerprint density at radius 1 is 0.472 bits per heavy atom. The largest absolute Gasteiger partial charge is 0.147 e. The first-order valence-electron chi connectivity index (χ1n) is 20.4. The molecule has 4 aromatic carbocycles. The molecule has 4 aromatic rings. The minimum atomic E-state index is -3.04. The molecule has 9 rings (SSSR count). The summed E-state index contributed by atoms with van der Waals surface area (Å²) < 4.78 is 4.59. The predicted molar refractivity (Wildman–Crippen MR) is 231 cm³/mol. The fourth-order valence-electron chi connectivity index (χ4n) is 11.1. The van der Waals surface area contributed by atoms with E-state index in [0.717, 1.165) is 19.2 Å². The quantitative estimate of drug-likeness (QED) is 0.169. The normalized spacial score (nSPS) is 22.1. The molecular formula is C50H60Cl2Hf. The van der Waals surface area contributed by atoms with Crippen molar-refractivity contribution in [1.29, 1.82) is 0 Å². The van der Waals surface area contributed by atoms with Crippen molar-refractivity contribution >= 4 is 37.0 Å². The Morgan fingerprint density at radius 2 is 0.830 bits per heavy atom. The molecule has 2 unspecified atom stereocenters. The number of hydrogen-bond acceptors (Lipinski definition) is 0. The summed E-state index contributed by atoms with van der Waals surface area (Å²) in [4.78, 5) is 0. The second-order valence-electron chi connectivity index (χ2n) is 19.1. The van der Waals surface area contributed by atoms with E-state index >= 15 is 0 Å². The van der Waals surface area contributed by atoms with Gasteiger partial charge in [0.2, 0.25) is 0 Å². The molecule has 0 radical (unpaired) electrons. The van der Waals surface area contributed by atoms with Crippen LogP contribution in [0, 0.1) is 11.8 Å². The topological polar surface area (TPSA) is 0 Å². The molecule has 1 aliphatic heterocycles. The number of benzene rings is 4. The number of rotatable bonds is 6.